The third kappa shape index (κ3) is 5.33. The second kappa shape index (κ2) is 10.4. The van der Waals surface area contributed by atoms with Crippen LogP contribution in [0.4, 0.5) is 36.4 Å². The van der Waals surface area contributed by atoms with Gasteiger partial charge in [-0.15, -0.1) is 0 Å². The van der Waals surface area contributed by atoms with Gasteiger partial charge in [0.25, 0.3) is 11.8 Å². The van der Waals surface area contributed by atoms with Gasteiger partial charge in [-0.25, -0.2) is 17.6 Å². The van der Waals surface area contributed by atoms with Gasteiger partial charge in [0, 0.05) is 51.9 Å². The zero-order valence-corrected chi connectivity index (χ0v) is 21.6. The molecule has 0 radical (unpaired) electrons. The molecule has 6 nitrogen and oxygen atoms in total. The van der Waals surface area contributed by atoms with Crippen molar-refractivity contribution in [2.24, 2.45) is 7.05 Å². The number of nitrogens with one attached hydrogen (secondary N) is 2. The molecule has 0 spiro atoms. The highest BCUT2D eigenvalue weighted by Gasteiger charge is 2.38. The first kappa shape index (κ1) is 28.4. The SMILES string of the molecule is Cn1nc2c3c(c(NC(=O)c4cc(F)cc(C(F)(F)F)c4)cc2c1CCC(F)F)C(c1cc(F)ccc1Cl)NC3=O. The summed E-state index contributed by atoms with van der Waals surface area (Å²) in [6.07, 6.45) is -8.28. The number of halogens is 8. The zero-order chi connectivity index (χ0) is 29.8. The topological polar surface area (TPSA) is 76.0 Å². The summed E-state index contributed by atoms with van der Waals surface area (Å²) in [5.74, 6) is -3.85. The molecule has 2 heterocycles. The number of rotatable bonds is 6. The molecule has 1 unspecified atom stereocenters. The van der Waals surface area contributed by atoms with E-state index in [1.165, 1.54) is 23.9 Å². The van der Waals surface area contributed by atoms with E-state index in [-0.39, 0.29) is 50.8 Å². The first-order chi connectivity index (χ1) is 19.2. The van der Waals surface area contributed by atoms with Crippen LogP contribution < -0.4 is 10.6 Å². The lowest BCUT2D eigenvalue weighted by Gasteiger charge is -2.18. The van der Waals surface area contributed by atoms with Crippen LogP contribution >= 0.6 is 11.6 Å². The number of anilines is 1. The minimum absolute atomic E-state index is 0.0560. The smallest absolute Gasteiger partial charge is 0.341 e. The Morgan fingerprint density at radius 3 is 2.54 bits per heavy atom. The Kier molecular flexibility index (Phi) is 7.18. The van der Waals surface area contributed by atoms with Crippen molar-refractivity contribution in [2.75, 3.05) is 5.32 Å². The number of aromatic nitrogens is 2. The Balaban J connectivity index is 1.71. The van der Waals surface area contributed by atoms with Gasteiger partial charge < -0.3 is 10.6 Å². The van der Waals surface area contributed by atoms with Crippen LogP contribution in [0.3, 0.4) is 0 Å². The van der Waals surface area contributed by atoms with Crippen LogP contribution in [0.5, 0.6) is 0 Å². The maximum atomic E-state index is 14.2. The predicted molar refractivity (Wildman–Crippen MR) is 135 cm³/mol. The summed E-state index contributed by atoms with van der Waals surface area (Å²) in [5, 5.41) is 9.68. The zero-order valence-electron chi connectivity index (χ0n) is 20.8. The molecule has 0 bridgehead atoms. The molecule has 214 valence electrons. The van der Waals surface area contributed by atoms with E-state index in [2.05, 4.69) is 15.7 Å². The molecule has 5 rings (SSSR count). The fourth-order valence-electron chi connectivity index (χ4n) is 4.89. The number of benzene rings is 3. The monoisotopic (exact) mass is 598 g/mol. The third-order valence-corrected chi connectivity index (χ3v) is 7.03. The maximum absolute atomic E-state index is 14.2. The number of carbonyl (C=O) groups excluding carboxylic acids is 2. The molecule has 14 heteroatoms. The largest absolute Gasteiger partial charge is 0.416 e. The van der Waals surface area contributed by atoms with Gasteiger partial charge in [-0.3, -0.25) is 14.3 Å². The van der Waals surface area contributed by atoms with Crippen molar-refractivity contribution in [1.29, 1.82) is 0 Å². The highest BCUT2D eigenvalue weighted by molar-refractivity contribution is 6.31. The average molecular weight is 599 g/mol. The van der Waals surface area contributed by atoms with Gasteiger partial charge in [0.05, 0.1) is 17.2 Å². The summed E-state index contributed by atoms with van der Waals surface area (Å²) in [6.45, 7) is 0. The van der Waals surface area contributed by atoms with Crippen LogP contribution in [0.2, 0.25) is 5.02 Å². The van der Waals surface area contributed by atoms with Gasteiger partial charge >= 0.3 is 6.18 Å². The van der Waals surface area contributed by atoms with Gasteiger partial charge in [0.2, 0.25) is 6.43 Å². The van der Waals surface area contributed by atoms with Crippen molar-refractivity contribution in [3.63, 3.8) is 0 Å². The molecular weight excluding hydrogens is 581 g/mol. The predicted octanol–water partition coefficient (Wildman–Crippen LogP) is 6.81. The number of hydrogen-bond donors (Lipinski definition) is 2. The average Bonchev–Trinajstić information content (AvgIpc) is 3.39. The van der Waals surface area contributed by atoms with Gasteiger partial charge in [0.15, 0.2) is 0 Å². The van der Waals surface area contributed by atoms with E-state index < -0.39 is 59.6 Å². The van der Waals surface area contributed by atoms with E-state index in [1.807, 2.05) is 0 Å². The van der Waals surface area contributed by atoms with Crippen LogP contribution in [-0.4, -0.2) is 28.0 Å². The van der Waals surface area contributed by atoms with Crippen molar-refractivity contribution in [3.05, 3.63) is 92.6 Å². The van der Waals surface area contributed by atoms with Gasteiger partial charge in [-0.2, -0.15) is 18.3 Å². The minimum atomic E-state index is -4.94. The normalized spacial score (nSPS) is 15.0. The molecule has 4 aromatic rings. The molecule has 0 aliphatic carbocycles. The quantitative estimate of drug-likeness (QED) is 0.240. The summed E-state index contributed by atoms with van der Waals surface area (Å²) in [6, 6.07) is 4.90. The molecule has 2 amide bonds. The molecule has 1 aromatic heterocycles. The van der Waals surface area contributed by atoms with Crippen LogP contribution in [0.15, 0.2) is 42.5 Å². The summed E-state index contributed by atoms with van der Waals surface area (Å²) >= 11 is 6.30. The molecule has 1 aliphatic heterocycles. The fourth-order valence-corrected chi connectivity index (χ4v) is 5.12. The van der Waals surface area contributed by atoms with Crippen LogP contribution in [0.25, 0.3) is 10.9 Å². The molecule has 2 N–H and O–H groups in total. The van der Waals surface area contributed by atoms with E-state index in [4.69, 9.17) is 11.6 Å². The third-order valence-electron chi connectivity index (χ3n) is 6.69. The molecular formula is C27H18ClF7N4O2. The number of fused-ring (bicyclic) bond motifs is 3. The van der Waals surface area contributed by atoms with E-state index >= 15 is 0 Å². The number of nitrogens with zero attached hydrogens (tertiary/aromatic N) is 2. The van der Waals surface area contributed by atoms with Crippen molar-refractivity contribution in [3.8, 4) is 0 Å². The van der Waals surface area contributed by atoms with E-state index in [9.17, 15) is 40.3 Å². The lowest BCUT2D eigenvalue weighted by molar-refractivity contribution is -0.137. The van der Waals surface area contributed by atoms with Gasteiger partial charge in [-0.05, 0) is 48.9 Å². The first-order valence-corrected chi connectivity index (χ1v) is 12.4. The summed E-state index contributed by atoms with van der Waals surface area (Å²) < 4.78 is 95.4. The maximum Gasteiger partial charge on any atom is 0.416 e. The molecule has 1 aliphatic rings. The summed E-state index contributed by atoms with van der Waals surface area (Å²) in [4.78, 5) is 26.4. The standard InChI is InChI=1S/C27H18ClF7N4O2/c1-39-19(4-5-20(31)32)16-10-18(36-25(40)11-6-12(27(33,34)35)8-14(30)7-11)21-22(24(16)38-39)26(41)37-23(21)15-9-13(29)2-3-17(15)28/h2-3,6-10,20,23H,4-5H2,1H3,(H,36,40)(H,37,41). The number of aryl methyl sites for hydroxylation is 2. The molecule has 1 atom stereocenters. The number of hydrogen-bond acceptors (Lipinski definition) is 3. The Morgan fingerprint density at radius 2 is 1.85 bits per heavy atom. The second-order valence-corrected chi connectivity index (χ2v) is 9.77. The lowest BCUT2D eigenvalue weighted by atomic mass is 9.93. The highest BCUT2D eigenvalue weighted by Crippen LogP contribution is 2.43. The molecule has 0 fully saturated rings. The number of amides is 2. The van der Waals surface area contributed by atoms with Crippen LogP contribution in [0, 0.1) is 11.6 Å². The van der Waals surface area contributed by atoms with Gasteiger partial charge in [-0.1, -0.05) is 11.6 Å². The van der Waals surface area contributed by atoms with Crippen molar-refractivity contribution >= 4 is 40.0 Å². The van der Waals surface area contributed by atoms with E-state index in [0.29, 0.717) is 17.8 Å². The Morgan fingerprint density at radius 1 is 1.12 bits per heavy atom. The van der Waals surface area contributed by atoms with Crippen molar-refractivity contribution in [1.82, 2.24) is 15.1 Å². The molecule has 41 heavy (non-hydrogen) atoms. The summed E-state index contributed by atoms with van der Waals surface area (Å²) in [5.41, 5.74) is -1.70. The fraction of sp³-hybridized carbons (Fsp3) is 0.222. The lowest BCUT2D eigenvalue weighted by Crippen LogP contribution is -2.21. The number of alkyl halides is 5. The first-order valence-electron chi connectivity index (χ1n) is 12.0. The van der Waals surface area contributed by atoms with Crippen LogP contribution in [-0.2, 0) is 19.6 Å². The number of carbonyl (C=O) groups is 2. The van der Waals surface area contributed by atoms with Crippen LogP contribution in [0.1, 0.15) is 55.6 Å². The van der Waals surface area contributed by atoms with Crippen molar-refractivity contribution < 1.29 is 40.3 Å². The summed E-state index contributed by atoms with van der Waals surface area (Å²) in [7, 11) is 1.48. The van der Waals surface area contributed by atoms with E-state index in [0.717, 1.165) is 12.1 Å². The highest BCUT2D eigenvalue weighted by atomic mass is 35.5. The minimum Gasteiger partial charge on any atom is -0.341 e. The second-order valence-electron chi connectivity index (χ2n) is 9.36. The molecule has 3 aromatic carbocycles. The molecule has 0 saturated carbocycles. The Hall–Kier alpha value is -4.13. The Bertz CT molecular complexity index is 1720. The molecule has 0 saturated heterocycles. The van der Waals surface area contributed by atoms with E-state index in [1.54, 1.807) is 0 Å². The van der Waals surface area contributed by atoms with Crippen molar-refractivity contribution in [2.45, 2.75) is 31.5 Å². The van der Waals surface area contributed by atoms with Gasteiger partial charge in [0.1, 0.15) is 17.2 Å². The Labute approximate surface area is 232 Å².